The molecule has 7 nitrogen and oxygen atoms in total. The van der Waals surface area contributed by atoms with Crippen LogP contribution in [0, 0.1) is 5.82 Å². The highest BCUT2D eigenvalue weighted by atomic mass is 19.1. The van der Waals surface area contributed by atoms with Crippen LogP contribution in [-0.2, 0) is 14.3 Å². The van der Waals surface area contributed by atoms with Gasteiger partial charge >= 0.3 is 0 Å². The van der Waals surface area contributed by atoms with Gasteiger partial charge in [0.1, 0.15) is 5.82 Å². The van der Waals surface area contributed by atoms with E-state index in [0.717, 1.165) is 32.0 Å². The van der Waals surface area contributed by atoms with Crippen molar-refractivity contribution in [3.05, 3.63) is 54.3 Å². The zero-order chi connectivity index (χ0) is 21.3. The first kappa shape index (κ1) is 21.7. The molecule has 2 aromatic carbocycles. The van der Waals surface area contributed by atoms with Crippen LogP contribution in [0.1, 0.15) is 6.92 Å². The standard InChI is InChI=1S/C22H27FN4O3/c1-2-26(15-21(28)24-18-5-3-17(23)4-6-18)16-22(29)25-19-7-9-20(10-8-19)27-11-13-30-14-12-27/h3-10H,2,11-16H2,1H3,(H,24,28)(H,25,29). The summed E-state index contributed by atoms with van der Waals surface area (Å²) in [5, 5.41) is 5.57. The Morgan fingerprint density at radius 2 is 1.43 bits per heavy atom. The van der Waals surface area contributed by atoms with Crippen LogP contribution in [-0.4, -0.2) is 62.7 Å². The Kier molecular flexibility index (Phi) is 7.75. The molecule has 0 spiro atoms. The highest BCUT2D eigenvalue weighted by Gasteiger charge is 2.14. The Balaban J connectivity index is 1.47. The summed E-state index contributed by atoms with van der Waals surface area (Å²) in [6.07, 6.45) is 0. The zero-order valence-electron chi connectivity index (χ0n) is 17.1. The molecule has 1 heterocycles. The third kappa shape index (κ3) is 6.53. The predicted octanol–water partition coefficient (Wildman–Crippen LogP) is 2.56. The van der Waals surface area contributed by atoms with E-state index in [9.17, 15) is 14.0 Å². The van der Waals surface area contributed by atoms with E-state index < -0.39 is 0 Å². The summed E-state index contributed by atoms with van der Waals surface area (Å²) in [6, 6.07) is 13.3. The van der Waals surface area contributed by atoms with Gasteiger partial charge in [-0.15, -0.1) is 0 Å². The number of likely N-dealkylation sites (N-methyl/N-ethyl adjacent to an activating group) is 1. The van der Waals surface area contributed by atoms with E-state index in [4.69, 9.17) is 4.74 Å². The lowest BCUT2D eigenvalue weighted by Gasteiger charge is -2.29. The predicted molar refractivity (Wildman–Crippen MR) is 115 cm³/mol. The summed E-state index contributed by atoms with van der Waals surface area (Å²) >= 11 is 0. The maximum atomic E-state index is 13.0. The van der Waals surface area contributed by atoms with Crippen molar-refractivity contribution in [2.75, 3.05) is 61.5 Å². The highest BCUT2D eigenvalue weighted by molar-refractivity contribution is 5.94. The monoisotopic (exact) mass is 414 g/mol. The summed E-state index contributed by atoms with van der Waals surface area (Å²) in [5.74, 6) is -0.811. The smallest absolute Gasteiger partial charge is 0.238 e. The SMILES string of the molecule is CCN(CC(=O)Nc1ccc(F)cc1)CC(=O)Nc1ccc(N2CCOCC2)cc1. The van der Waals surface area contributed by atoms with E-state index in [0.29, 0.717) is 17.9 Å². The molecule has 0 aromatic heterocycles. The first-order valence-electron chi connectivity index (χ1n) is 10.0. The number of rotatable bonds is 8. The van der Waals surface area contributed by atoms with E-state index in [2.05, 4.69) is 15.5 Å². The van der Waals surface area contributed by atoms with Crippen LogP contribution >= 0.6 is 0 Å². The summed E-state index contributed by atoms with van der Waals surface area (Å²) in [5.41, 5.74) is 2.33. The maximum Gasteiger partial charge on any atom is 0.238 e. The van der Waals surface area contributed by atoms with E-state index >= 15 is 0 Å². The first-order valence-corrected chi connectivity index (χ1v) is 10.0. The van der Waals surface area contributed by atoms with Crippen molar-refractivity contribution < 1.29 is 18.7 Å². The number of nitrogens with zero attached hydrogens (tertiary/aromatic N) is 2. The van der Waals surface area contributed by atoms with E-state index in [1.165, 1.54) is 24.3 Å². The van der Waals surface area contributed by atoms with Crippen molar-refractivity contribution in [2.45, 2.75) is 6.92 Å². The Labute approximate surface area is 175 Å². The van der Waals surface area contributed by atoms with Crippen LogP contribution in [0.3, 0.4) is 0 Å². The largest absolute Gasteiger partial charge is 0.378 e. The van der Waals surface area contributed by atoms with Crippen LogP contribution in [0.25, 0.3) is 0 Å². The second-order valence-electron chi connectivity index (χ2n) is 7.05. The lowest BCUT2D eigenvalue weighted by atomic mass is 10.2. The molecular weight excluding hydrogens is 387 g/mol. The van der Waals surface area contributed by atoms with Gasteiger partial charge in [-0.25, -0.2) is 4.39 Å². The molecule has 0 unspecified atom stereocenters. The van der Waals surface area contributed by atoms with Crippen LogP contribution in [0.15, 0.2) is 48.5 Å². The molecule has 0 saturated carbocycles. The topological polar surface area (TPSA) is 73.9 Å². The third-order valence-electron chi connectivity index (χ3n) is 4.84. The molecule has 2 aromatic rings. The summed E-state index contributed by atoms with van der Waals surface area (Å²) in [6.45, 7) is 5.75. The van der Waals surface area contributed by atoms with Crippen LogP contribution < -0.4 is 15.5 Å². The van der Waals surface area contributed by atoms with Crippen LogP contribution in [0.4, 0.5) is 21.5 Å². The second-order valence-corrected chi connectivity index (χ2v) is 7.05. The number of carbonyl (C=O) groups excluding carboxylic acids is 2. The van der Waals surface area contributed by atoms with Gasteiger partial charge in [-0.1, -0.05) is 6.92 Å². The van der Waals surface area contributed by atoms with Gasteiger partial charge in [0.05, 0.1) is 26.3 Å². The molecule has 1 saturated heterocycles. The van der Waals surface area contributed by atoms with Gasteiger partial charge in [0.15, 0.2) is 0 Å². The summed E-state index contributed by atoms with van der Waals surface area (Å²) in [4.78, 5) is 28.6. The molecule has 1 aliphatic rings. The zero-order valence-corrected chi connectivity index (χ0v) is 17.1. The van der Waals surface area contributed by atoms with Gasteiger partial charge in [-0.3, -0.25) is 14.5 Å². The lowest BCUT2D eigenvalue weighted by molar-refractivity contribution is -0.119. The van der Waals surface area contributed by atoms with Crippen molar-refractivity contribution in [1.29, 1.82) is 0 Å². The molecule has 3 rings (SSSR count). The molecule has 30 heavy (non-hydrogen) atoms. The Morgan fingerprint density at radius 1 is 0.933 bits per heavy atom. The van der Waals surface area contributed by atoms with E-state index in [1.54, 1.807) is 4.90 Å². The number of amides is 2. The number of benzene rings is 2. The van der Waals surface area contributed by atoms with E-state index in [-0.39, 0.29) is 30.7 Å². The number of hydrogen-bond acceptors (Lipinski definition) is 5. The van der Waals surface area contributed by atoms with Crippen molar-refractivity contribution in [2.24, 2.45) is 0 Å². The molecule has 0 aliphatic carbocycles. The van der Waals surface area contributed by atoms with Gasteiger partial charge < -0.3 is 20.3 Å². The van der Waals surface area contributed by atoms with Gasteiger partial charge in [-0.05, 0) is 55.1 Å². The number of carbonyl (C=O) groups is 2. The number of nitrogens with one attached hydrogen (secondary N) is 2. The average molecular weight is 414 g/mol. The Hall–Kier alpha value is -2.97. The molecule has 1 fully saturated rings. The quantitative estimate of drug-likeness (QED) is 0.695. The lowest BCUT2D eigenvalue weighted by Crippen LogP contribution is -2.38. The van der Waals surface area contributed by atoms with Crippen LogP contribution in [0.2, 0.25) is 0 Å². The first-order chi connectivity index (χ1) is 14.5. The normalized spacial score (nSPS) is 13.9. The number of morpholine rings is 1. The van der Waals surface area contributed by atoms with Gasteiger partial charge in [0, 0.05) is 30.2 Å². The minimum Gasteiger partial charge on any atom is -0.378 e. The van der Waals surface area contributed by atoms with E-state index in [1.807, 2.05) is 31.2 Å². The highest BCUT2D eigenvalue weighted by Crippen LogP contribution is 2.19. The average Bonchev–Trinajstić information content (AvgIpc) is 2.76. The number of halogens is 1. The van der Waals surface area contributed by atoms with Crippen LogP contribution in [0.5, 0.6) is 0 Å². The molecule has 160 valence electrons. The fourth-order valence-electron chi connectivity index (χ4n) is 3.20. The van der Waals surface area contributed by atoms with Crippen molar-refractivity contribution >= 4 is 28.9 Å². The fourth-order valence-corrected chi connectivity index (χ4v) is 3.20. The second kappa shape index (κ2) is 10.7. The molecule has 1 aliphatic heterocycles. The number of anilines is 3. The molecule has 0 bridgehead atoms. The van der Waals surface area contributed by atoms with Crippen molar-refractivity contribution in [3.8, 4) is 0 Å². The summed E-state index contributed by atoms with van der Waals surface area (Å²) < 4.78 is 18.3. The van der Waals surface area contributed by atoms with Gasteiger partial charge in [0.25, 0.3) is 0 Å². The summed E-state index contributed by atoms with van der Waals surface area (Å²) in [7, 11) is 0. The minimum atomic E-state index is -0.363. The van der Waals surface area contributed by atoms with Crippen molar-refractivity contribution in [3.63, 3.8) is 0 Å². The Bertz CT molecular complexity index is 836. The maximum absolute atomic E-state index is 13.0. The number of hydrogen-bond donors (Lipinski definition) is 2. The molecule has 0 radical (unpaired) electrons. The molecule has 2 N–H and O–H groups in total. The number of ether oxygens (including phenoxy) is 1. The van der Waals surface area contributed by atoms with Crippen molar-refractivity contribution in [1.82, 2.24) is 4.90 Å². The minimum absolute atomic E-state index is 0.0667. The third-order valence-corrected chi connectivity index (χ3v) is 4.84. The molecule has 8 heteroatoms. The van der Waals surface area contributed by atoms with Gasteiger partial charge in [0.2, 0.25) is 11.8 Å². The molecule has 0 atom stereocenters. The fraction of sp³-hybridized carbons (Fsp3) is 0.364. The molecule has 2 amide bonds. The van der Waals surface area contributed by atoms with Gasteiger partial charge in [-0.2, -0.15) is 0 Å². The Morgan fingerprint density at radius 3 is 1.93 bits per heavy atom. The molecular formula is C22H27FN4O3.